The molecule has 0 bridgehead atoms. The average molecular weight is 210 g/mol. The van der Waals surface area contributed by atoms with Crippen LogP contribution in [0.4, 0.5) is 0 Å². The topological polar surface area (TPSA) is 17.1 Å². The predicted octanol–water partition coefficient (Wildman–Crippen LogP) is 4.35. The maximum absolute atomic E-state index is 11.5. The number of carbonyl (C=O) groups excluding carboxylic acids is 1. The Hall–Kier alpha value is -0.330. The minimum absolute atomic E-state index is 0.517. The largest absolute Gasteiger partial charge is 0.300 e. The molecule has 2 unspecified atom stereocenters. The van der Waals surface area contributed by atoms with E-state index in [1.165, 1.54) is 44.9 Å². The van der Waals surface area contributed by atoms with Gasteiger partial charge in [0.1, 0.15) is 5.78 Å². The second-order valence-corrected chi connectivity index (χ2v) is 5.09. The zero-order chi connectivity index (χ0) is 11.1. The van der Waals surface area contributed by atoms with Crippen LogP contribution in [0, 0.1) is 11.8 Å². The van der Waals surface area contributed by atoms with Gasteiger partial charge in [-0.15, -0.1) is 0 Å². The van der Waals surface area contributed by atoms with Crippen LogP contribution in [0.2, 0.25) is 0 Å². The van der Waals surface area contributed by atoms with Crippen LogP contribution in [-0.2, 0) is 4.79 Å². The highest BCUT2D eigenvalue weighted by atomic mass is 16.1. The molecule has 1 saturated carbocycles. The highest BCUT2D eigenvalue weighted by Crippen LogP contribution is 2.35. The molecule has 0 N–H and O–H groups in total. The molecule has 0 aliphatic heterocycles. The summed E-state index contributed by atoms with van der Waals surface area (Å²) in [6, 6.07) is 0. The molecule has 0 radical (unpaired) electrons. The summed E-state index contributed by atoms with van der Waals surface area (Å²) < 4.78 is 0. The van der Waals surface area contributed by atoms with Crippen molar-refractivity contribution in [2.24, 2.45) is 11.8 Å². The Kier molecular flexibility index (Phi) is 5.97. The van der Waals surface area contributed by atoms with Crippen LogP contribution < -0.4 is 0 Å². The van der Waals surface area contributed by atoms with Crippen LogP contribution in [0.3, 0.4) is 0 Å². The molecule has 1 aliphatic carbocycles. The van der Waals surface area contributed by atoms with E-state index in [2.05, 4.69) is 13.8 Å². The summed E-state index contributed by atoms with van der Waals surface area (Å²) in [5.74, 6) is 2.09. The number of ketones is 1. The fraction of sp³-hybridized carbons (Fsp3) is 0.929. The van der Waals surface area contributed by atoms with Crippen LogP contribution in [0.1, 0.15) is 71.6 Å². The maximum Gasteiger partial charge on any atom is 0.133 e. The number of carbonyl (C=O) groups is 1. The van der Waals surface area contributed by atoms with E-state index in [0.717, 1.165) is 24.7 Å². The normalized spacial score (nSPS) is 26.9. The number of hydrogen-bond acceptors (Lipinski definition) is 1. The van der Waals surface area contributed by atoms with Gasteiger partial charge in [-0.2, -0.15) is 0 Å². The zero-order valence-corrected chi connectivity index (χ0v) is 10.4. The number of rotatable bonds is 6. The number of Topliss-reactive ketones (excluding diaryl/α,β-unsaturated/α-hetero) is 1. The quantitative estimate of drug-likeness (QED) is 0.637. The molecule has 0 aromatic rings. The monoisotopic (exact) mass is 210 g/mol. The standard InChI is InChI=1S/C14H26O/c1-3-5-7-12-9-10-14(15)11-13(12)8-6-4-2/h12-13H,3-11H2,1-2H3. The lowest BCUT2D eigenvalue weighted by molar-refractivity contribution is -0.122. The summed E-state index contributed by atoms with van der Waals surface area (Å²) in [5, 5.41) is 0. The van der Waals surface area contributed by atoms with Crippen molar-refractivity contribution < 1.29 is 4.79 Å². The molecule has 0 saturated heterocycles. The third-order valence-corrected chi connectivity index (χ3v) is 3.81. The van der Waals surface area contributed by atoms with Crippen molar-refractivity contribution in [3.63, 3.8) is 0 Å². The SMILES string of the molecule is CCCCC1CCC(=O)CC1CCCC. The van der Waals surface area contributed by atoms with Gasteiger partial charge in [-0.3, -0.25) is 4.79 Å². The number of unbranched alkanes of at least 4 members (excludes halogenated alkanes) is 2. The van der Waals surface area contributed by atoms with Crippen molar-refractivity contribution >= 4 is 5.78 Å². The minimum atomic E-state index is 0.517. The van der Waals surface area contributed by atoms with Gasteiger partial charge in [0.15, 0.2) is 0 Å². The first-order valence-electron chi connectivity index (χ1n) is 6.79. The van der Waals surface area contributed by atoms with E-state index in [-0.39, 0.29) is 0 Å². The van der Waals surface area contributed by atoms with Crippen molar-refractivity contribution in [1.82, 2.24) is 0 Å². The summed E-state index contributed by atoms with van der Waals surface area (Å²) in [5.41, 5.74) is 0. The first-order valence-corrected chi connectivity index (χ1v) is 6.79. The van der Waals surface area contributed by atoms with Crippen LogP contribution in [-0.4, -0.2) is 5.78 Å². The molecule has 1 aliphatic rings. The van der Waals surface area contributed by atoms with Crippen molar-refractivity contribution in [3.8, 4) is 0 Å². The third-order valence-electron chi connectivity index (χ3n) is 3.81. The van der Waals surface area contributed by atoms with Gasteiger partial charge in [0.05, 0.1) is 0 Å². The molecule has 1 heteroatoms. The molecule has 1 fully saturated rings. The van der Waals surface area contributed by atoms with Gasteiger partial charge in [0, 0.05) is 12.8 Å². The predicted molar refractivity (Wildman–Crippen MR) is 64.9 cm³/mol. The third kappa shape index (κ3) is 4.36. The van der Waals surface area contributed by atoms with Gasteiger partial charge < -0.3 is 0 Å². The fourth-order valence-electron chi connectivity index (χ4n) is 2.79. The summed E-state index contributed by atoms with van der Waals surface area (Å²) >= 11 is 0. The Bertz CT molecular complexity index is 186. The van der Waals surface area contributed by atoms with Gasteiger partial charge in [-0.25, -0.2) is 0 Å². The van der Waals surface area contributed by atoms with E-state index >= 15 is 0 Å². The Labute approximate surface area is 94.6 Å². The molecule has 0 aromatic heterocycles. The molecule has 1 rings (SSSR count). The van der Waals surface area contributed by atoms with Crippen molar-refractivity contribution in [1.29, 1.82) is 0 Å². The lowest BCUT2D eigenvalue weighted by Gasteiger charge is -2.30. The van der Waals surface area contributed by atoms with Gasteiger partial charge in [-0.1, -0.05) is 46.0 Å². The molecule has 1 nitrogen and oxygen atoms in total. The van der Waals surface area contributed by atoms with E-state index in [0.29, 0.717) is 5.78 Å². The summed E-state index contributed by atoms with van der Waals surface area (Å²) in [4.78, 5) is 11.5. The molecular weight excluding hydrogens is 184 g/mol. The van der Waals surface area contributed by atoms with Crippen LogP contribution >= 0.6 is 0 Å². The summed E-state index contributed by atoms with van der Waals surface area (Å²) in [7, 11) is 0. The fourth-order valence-corrected chi connectivity index (χ4v) is 2.79. The van der Waals surface area contributed by atoms with E-state index in [9.17, 15) is 4.79 Å². The molecule has 15 heavy (non-hydrogen) atoms. The Morgan fingerprint density at radius 2 is 1.67 bits per heavy atom. The second kappa shape index (κ2) is 7.03. The minimum Gasteiger partial charge on any atom is -0.300 e. The molecule has 0 amide bonds. The Morgan fingerprint density at radius 3 is 2.27 bits per heavy atom. The van der Waals surface area contributed by atoms with Crippen molar-refractivity contribution in [3.05, 3.63) is 0 Å². The van der Waals surface area contributed by atoms with E-state index < -0.39 is 0 Å². The van der Waals surface area contributed by atoms with E-state index in [1.54, 1.807) is 0 Å². The van der Waals surface area contributed by atoms with Crippen molar-refractivity contribution in [2.75, 3.05) is 0 Å². The van der Waals surface area contributed by atoms with E-state index in [1.807, 2.05) is 0 Å². The summed E-state index contributed by atoms with van der Waals surface area (Å²) in [6.07, 6.45) is 10.8. The average Bonchev–Trinajstić information content (AvgIpc) is 2.25. The van der Waals surface area contributed by atoms with Gasteiger partial charge >= 0.3 is 0 Å². The molecule has 88 valence electrons. The van der Waals surface area contributed by atoms with Crippen LogP contribution in [0.15, 0.2) is 0 Å². The molecule has 0 heterocycles. The van der Waals surface area contributed by atoms with Gasteiger partial charge in [0.2, 0.25) is 0 Å². The maximum atomic E-state index is 11.5. The molecular formula is C14H26O. The Balaban J connectivity index is 2.38. The van der Waals surface area contributed by atoms with Gasteiger partial charge in [-0.05, 0) is 24.7 Å². The smallest absolute Gasteiger partial charge is 0.133 e. The van der Waals surface area contributed by atoms with Crippen LogP contribution in [0.25, 0.3) is 0 Å². The van der Waals surface area contributed by atoms with Crippen molar-refractivity contribution in [2.45, 2.75) is 71.6 Å². The lowest BCUT2D eigenvalue weighted by atomic mass is 9.74. The molecule has 2 atom stereocenters. The second-order valence-electron chi connectivity index (χ2n) is 5.09. The molecule has 0 spiro atoms. The number of hydrogen-bond donors (Lipinski definition) is 0. The highest BCUT2D eigenvalue weighted by molar-refractivity contribution is 5.79. The Morgan fingerprint density at radius 1 is 1.07 bits per heavy atom. The van der Waals surface area contributed by atoms with Gasteiger partial charge in [0.25, 0.3) is 0 Å². The van der Waals surface area contributed by atoms with E-state index in [4.69, 9.17) is 0 Å². The molecule has 0 aromatic carbocycles. The first-order chi connectivity index (χ1) is 7.27. The highest BCUT2D eigenvalue weighted by Gasteiger charge is 2.27. The van der Waals surface area contributed by atoms with Crippen LogP contribution in [0.5, 0.6) is 0 Å². The summed E-state index contributed by atoms with van der Waals surface area (Å²) in [6.45, 7) is 4.50. The zero-order valence-electron chi connectivity index (χ0n) is 10.4. The first kappa shape index (κ1) is 12.7. The lowest BCUT2D eigenvalue weighted by Crippen LogP contribution is -2.25.